The number of hydrogen-bond acceptors (Lipinski definition) is 12. The fourth-order valence-corrected chi connectivity index (χ4v) is 6.96. The van der Waals surface area contributed by atoms with Crippen LogP contribution < -0.4 is 11.1 Å². The molecular weight excluding hydrogens is 504 g/mol. The molecule has 12 nitrogen and oxygen atoms in total. The van der Waals surface area contributed by atoms with E-state index in [9.17, 15) is 19.5 Å². The Morgan fingerprint density at radius 1 is 1.50 bits per heavy atom. The average molecular weight is 525 g/mol. The van der Waals surface area contributed by atoms with Crippen molar-refractivity contribution in [3.63, 3.8) is 0 Å². The lowest BCUT2D eigenvalue weighted by Gasteiger charge is -2.51. The number of nitrogens with two attached hydrogens (primary N) is 1. The van der Waals surface area contributed by atoms with Crippen molar-refractivity contribution in [3.8, 4) is 0 Å². The highest BCUT2D eigenvalue weighted by molar-refractivity contribution is 8.01. The van der Waals surface area contributed by atoms with Crippen LogP contribution in [0.5, 0.6) is 0 Å². The van der Waals surface area contributed by atoms with E-state index in [0.717, 1.165) is 29.3 Å². The molecule has 2 aliphatic heterocycles. The van der Waals surface area contributed by atoms with Gasteiger partial charge in [-0.1, -0.05) is 28.7 Å². The first-order valence-electron chi connectivity index (χ1n) is 9.80. The van der Waals surface area contributed by atoms with Crippen molar-refractivity contribution >= 4 is 64.0 Å². The number of aromatic nitrogens is 2. The molecule has 1 unspecified atom stereocenters. The number of oxime groups is 1. The van der Waals surface area contributed by atoms with E-state index in [2.05, 4.69) is 25.3 Å². The summed E-state index contributed by atoms with van der Waals surface area (Å²) < 4.78 is 5.63. The summed E-state index contributed by atoms with van der Waals surface area (Å²) in [6, 6.07) is 0. The molecule has 4 N–H and O–H groups in total. The number of oxazole rings is 1. The Hall–Kier alpha value is -3.04. The number of aliphatic carboxylic acids is 1. The van der Waals surface area contributed by atoms with Crippen LogP contribution in [0.3, 0.4) is 0 Å². The van der Waals surface area contributed by atoms with E-state index in [4.69, 9.17) is 10.2 Å². The summed E-state index contributed by atoms with van der Waals surface area (Å²) in [6.07, 6.45) is 1.05. The molecular formula is C19H20N6O6S3. The molecule has 1 saturated heterocycles. The quantitative estimate of drug-likeness (QED) is 0.198. The van der Waals surface area contributed by atoms with E-state index in [1.54, 1.807) is 19.2 Å². The number of anilines is 1. The molecule has 2 aromatic heterocycles. The Morgan fingerprint density at radius 2 is 2.26 bits per heavy atom. The van der Waals surface area contributed by atoms with Crippen LogP contribution in [0.2, 0.25) is 0 Å². The number of aryl methyl sites for hydroxylation is 2. The topological polar surface area (TPSA) is 173 Å². The number of carbonyl (C=O) groups excluding carboxylic acids is 2. The first-order valence-corrected chi connectivity index (χ1v) is 12.5. The van der Waals surface area contributed by atoms with Crippen molar-refractivity contribution in [2.75, 3.05) is 18.6 Å². The number of thiazole rings is 1. The van der Waals surface area contributed by atoms with E-state index in [0.29, 0.717) is 22.4 Å². The normalized spacial score (nSPS) is 22.0. The van der Waals surface area contributed by atoms with Crippen LogP contribution in [-0.4, -0.2) is 62.2 Å². The number of nitrogen functional groups attached to an aromatic ring is 1. The molecule has 0 spiro atoms. The Bertz CT molecular complexity index is 1200. The van der Waals surface area contributed by atoms with Gasteiger partial charge in [0, 0.05) is 16.7 Å². The van der Waals surface area contributed by atoms with E-state index in [1.807, 2.05) is 0 Å². The summed E-state index contributed by atoms with van der Waals surface area (Å²) >= 11 is 3.50. The minimum Gasteiger partial charge on any atom is -0.477 e. The number of amides is 2. The van der Waals surface area contributed by atoms with Crippen molar-refractivity contribution in [2.24, 2.45) is 5.16 Å². The molecule has 4 rings (SSSR count). The molecule has 4 heterocycles. The second kappa shape index (κ2) is 9.31. The Labute approximate surface area is 206 Å². The average Bonchev–Trinajstić information content (AvgIpc) is 3.35. The van der Waals surface area contributed by atoms with E-state index >= 15 is 0 Å². The lowest BCUT2D eigenvalue weighted by Crippen LogP contribution is -2.61. The number of fused-ring (bicyclic) bond motifs is 1. The monoisotopic (exact) mass is 524 g/mol. The number of rotatable bonds is 8. The standard InChI is InChI=1S/C19H20N6O6S3/c1-8-9(2)31-18(22-8)33-6-10-15(16(28)29)25-13(27)4-14(25)34-19(10,11-7-32-17(20)23-11)24-12(26)5-21-30-3/h5,7,14H,4,6H2,1-3H3,(H2,20,23)(H,24,26)(H,28,29)/t14-,19?/m0/s1. The molecule has 0 bridgehead atoms. The molecule has 34 heavy (non-hydrogen) atoms. The molecule has 0 radical (unpaired) electrons. The van der Waals surface area contributed by atoms with Crippen LogP contribution in [0, 0.1) is 13.8 Å². The maximum atomic E-state index is 12.8. The largest absolute Gasteiger partial charge is 0.477 e. The molecule has 180 valence electrons. The second-order valence-corrected chi connectivity index (χ2v) is 10.4. The van der Waals surface area contributed by atoms with E-state index in [-0.39, 0.29) is 34.5 Å². The minimum absolute atomic E-state index is 0.0314. The molecule has 2 aliphatic rings. The zero-order valence-electron chi connectivity index (χ0n) is 18.2. The summed E-state index contributed by atoms with van der Waals surface area (Å²) in [4.78, 5) is 50.7. The van der Waals surface area contributed by atoms with Gasteiger partial charge in [0.25, 0.3) is 11.1 Å². The van der Waals surface area contributed by atoms with Gasteiger partial charge in [0.15, 0.2) is 10.0 Å². The number of carbonyl (C=O) groups is 3. The lowest BCUT2D eigenvalue weighted by atomic mass is 9.98. The fourth-order valence-electron chi connectivity index (χ4n) is 3.52. The van der Waals surface area contributed by atoms with Gasteiger partial charge in [-0.2, -0.15) is 0 Å². The van der Waals surface area contributed by atoms with Gasteiger partial charge in [-0.05, 0) is 13.8 Å². The summed E-state index contributed by atoms with van der Waals surface area (Å²) in [6.45, 7) is 3.56. The van der Waals surface area contributed by atoms with Crippen LogP contribution >= 0.6 is 34.9 Å². The summed E-state index contributed by atoms with van der Waals surface area (Å²) in [5, 5.41) is 18.2. The van der Waals surface area contributed by atoms with E-state index < -0.39 is 22.1 Å². The van der Waals surface area contributed by atoms with Crippen LogP contribution in [0.15, 0.2) is 31.4 Å². The Morgan fingerprint density at radius 3 is 2.82 bits per heavy atom. The molecule has 15 heteroatoms. The van der Waals surface area contributed by atoms with Gasteiger partial charge in [-0.25, -0.2) is 14.8 Å². The number of nitrogens with one attached hydrogen (secondary N) is 1. The maximum absolute atomic E-state index is 12.8. The van der Waals surface area contributed by atoms with Gasteiger partial charge in [0.1, 0.15) is 24.8 Å². The minimum atomic E-state index is -1.44. The number of nitrogens with zero attached hydrogens (tertiary/aromatic N) is 4. The highest BCUT2D eigenvalue weighted by atomic mass is 32.2. The van der Waals surface area contributed by atoms with Crippen molar-refractivity contribution in [1.29, 1.82) is 0 Å². The predicted octanol–water partition coefficient (Wildman–Crippen LogP) is 1.67. The third-order valence-electron chi connectivity index (χ3n) is 5.18. The maximum Gasteiger partial charge on any atom is 0.352 e. The molecule has 0 aromatic carbocycles. The van der Waals surface area contributed by atoms with Gasteiger partial charge >= 0.3 is 5.97 Å². The van der Waals surface area contributed by atoms with Crippen molar-refractivity contribution in [1.82, 2.24) is 20.2 Å². The smallest absolute Gasteiger partial charge is 0.352 e. The third kappa shape index (κ3) is 4.25. The number of carboxylic acids is 1. The predicted molar refractivity (Wildman–Crippen MR) is 126 cm³/mol. The van der Waals surface area contributed by atoms with Crippen LogP contribution in [0.25, 0.3) is 0 Å². The highest BCUT2D eigenvalue weighted by Crippen LogP contribution is 2.55. The number of carboxylic acid groups (broad SMARTS) is 1. The van der Waals surface area contributed by atoms with Crippen LogP contribution in [-0.2, 0) is 24.1 Å². The first-order chi connectivity index (χ1) is 16.2. The molecule has 1 fully saturated rings. The summed E-state index contributed by atoms with van der Waals surface area (Å²) in [5.74, 6) is -1.60. The number of hydrogen-bond donors (Lipinski definition) is 3. The Balaban J connectivity index is 1.87. The molecule has 2 amide bonds. The van der Waals surface area contributed by atoms with Crippen LogP contribution in [0.1, 0.15) is 23.6 Å². The Kier molecular flexibility index (Phi) is 6.60. The second-order valence-electron chi connectivity index (χ2n) is 7.24. The number of thioether (sulfide) groups is 2. The van der Waals surface area contributed by atoms with Crippen molar-refractivity contribution < 1.29 is 28.7 Å². The van der Waals surface area contributed by atoms with Crippen molar-refractivity contribution in [3.05, 3.63) is 33.8 Å². The molecule has 0 saturated carbocycles. The van der Waals surface area contributed by atoms with Gasteiger partial charge in [-0.3, -0.25) is 14.5 Å². The zero-order valence-corrected chi connectivity index (χ0v) is 20.7. The van der Waals surface area contributed by atoms with Gasteiger partial charge in [0.2, 0.25) is 5.91 Å². The number of β-lactam (4-membered cyclic amide) rings is 1. The molecule has 0 aliphatic carbocycles. The van der Waals surface area contributed by atoms with Crippen molar-refractivity contribution in [2.45, 2.75) is 35.7 Å². The fraction of sp³-hybridized carbons (Fsp3) is 0.368. The first kappa shape index (κ1) is 24.1. The van der Waals surface area contributed by atoms with Gasteiger partial charge < -0.3 is 25.4 Å². The zero-order chi connectivity index (χ0) is 24.6. The summed E-state index contributed by atoms with van der Waals surface area (Å²) in [5.41, 5.74) is 6.95. The molecule has 2 aromatic rings. The van der Waals surface area contributed by atoms with Crippen LogP contribution in [0.4, 0.5) is 5.13 Å². The summed E-state index contributed by atoms with van der Waals surface area (Å²) in [7, 11) is 1.29. The van der Waals surface area contributed by atoms with E-state index in [1.165, 1.54) is 23.8 Å². The third-order valence-corrected chi connectivity index (χ3v) is 8.27. The van der Waals surface area contributed by atoms with Gasteiger partial charge in [-0.15, -0.1) is 11.3 Å². The lowest BCUT2D eigenvalue weighted by molar-refractivity contribution is -0.146. The highest BCUT2D eigenvalue weighted by Gasteiger charge is 2.56. The SMILES string of the molecule is CON=CC(=O)NC1(c2csc(N)n2)S[C@H]2CC(=O)N2C(C(=O)O)=C1CSc1nc(C)c(C)o1. The van der Waals surface area contributed by atoms with Gasteiger partial charge in [0.05, 0.1) is 23.2 Å². The molecule has 2 atom stereocenters.